The van der Waals surface area contributed by atoms with E-state index in [0.717, 1.165) is 6.04 Å². The van der Waals surface area contributed by atoms with Crippen LogP contribution in [0.4, 0.5) is 0 Å². The molecule has 1 aromatic rings. The first-order valence-corrected chi connectivity index (χ1v) is 6.95. The number of hydrogen-bond donors (Lipinski definition) is 1. The van der Waals surface area contributed by atoms with Gasteiger partial charge in [-0.05, 0) is 43.7 Å². The molecular formula is C13H21NS. The summed E-state index contributed by atoms with van der Waals surface area (Å²) in [7, 11) is 0. The molecule has 1 aliphatic rings. The molecule has 15 heavy (non-hydrogen) atoms. The van der Waals surface area contributed by atoms with Crippen molar-refractivity contribution in [2.75, 3.05) is 0 Å². The van der Waals surface area contributed by atoms with Gasteiger partial charge >= 0.3 is 0 Å². The number of thiophene rings is 1. The molecule has 0 aromatic carbocycles. The summed E-state index contributed by atoms with van der Waals surface area (Å²) in [5.41, 5.74) is 1.44. The lowest BCUT2D eigenvalue weighted by atomic mass is 9.95. The summed E-state index contributed by atoms with van der Waals surface area (Å²) < 4.78 is 0. The third-order valence-electron chi connectivity index (χ3n) is 3.39. The Bertz CT molecular complexity index is 299. The van der Waals surface area contributed by atoms with Crippen molar-refractivity contribution in [1.29, 1.82) is 0 Å². The quantitative estimate of drug-likeness (QED) is 0.815. The SMILES string of the molecule is Cc1ccsc1[C@@H](C)NC1CCCCC1. The number of nitrogens with one attached hydrogen (secondary N) is 1. The molecule has 1 aromatic heterocycles. The number of rotatable bonds is 3. The topological polar surface area (TPSA) is 12.0 Å². The van der Waals surface area contributed by atoms with E-state index in [1.54, 1.807) is 0 Å². The van der Waals surface area contributed by atoms with Crippen LogP contribution in [-0.4, -0.2) is 6.04 Å². The van der Waals surface area contributed by atoms with Gasteiger partial charge in [0.2, 0.25) is 0 Å². The molecule has 0 amide bonds. The molecule has 84 valence electrons. The molecule has 1 atom stereocenters. The van der Waals surface area contributed by atoms with Crippen LogP contribution >= 0.6 is 11.3 Å². The zero-order chi connectivity index (χ0) is 10.7. The highest BCUT2D eigenvalue weighted by Crippen LogP contribution is 2.26. The largest absolute Gasteiger partial charge is 0.307 e. The van der Waals surface area contributed by atoms with Gasteiger partial charge in [0.15, 0.2) is 0 Å². The minimum atomic E-state index is 0.535. The monoisotopic (exact) mass is 223 g/mol. The van der Waals surface area contributed by atoms with Gasteiger partial charge in [-0.3, -0.25) is 0 Å². The van der Waals surface area contributed by atoms with E-state index in [2.05, 4.69) is 30.6 Å². The van der Waals surface area contributed by atoms with Crippen LogP contribution in [-0.2, 0) is 0 Å². The summed E-state index contributed by atoms with van der Waals surface area (Å²) in [5.74, 6) is 0. The molecule has 0 bridgehead atoms. The maximum absolute atomic E-state index is 3.77. The second-order valence-corrected chi connectivity index (χ2v) is 5.64. The van der Waals surface area contributed by atoms with Crippen molar-refractivity contribution in [3.8, 4) is 0 Å². The molecule has 0 aliphatic heterocycles. The van der Waals surface area contributed by atoms with E-state index in [1.807, 2.05) is 11.3 Å². The molecule has 1 nitrogen and oxygen atoms in total. The van der Waals surface area contributed by atoms with Gasteiger partial charge in [0.25, 0.3) is 0 Å². The number of hydrogen-bond acceptors (Lipinski definition) is 2. The standard InChI is InChI=1S/C13H21NS/c1-10-8-9-15-13(10)11(2)14-12-6-4-3-5-7-12/h8-9,11-12,14H,3-7H2,1-2H3/t11-/m1/s1. The van der Waals surface area contributed by atoms with Gasteiger partial charge in [0.1, 0.15) is 0 Å². The molecule has 0 saturated heterocycles. The van der Waals surface area contributed by atoms with Gasteiger partial charge < -0.3 is 5.32 Å². The highest BCUT2D eigenvalue weighted by Gasteiger charge is 2.17. The summed E-state index contributed by atoms with van der Waals surface area (Å²) in [6, 6.07) is 3.52. The summed E-state index contributed by atoms with van der Waals surface area (Å²) in [5, 5.41) is 5.97. The Balaban J connectivity index is 1.91. The van der Waals surface area contributed by atoms with Crippen molar-refractivity contribution in [3.05, 3.63) is 21.9 Å². The second-order valence-electron chi connectivity index (χ2n) is 4.69. The lowest BCUT2D eigenvalue weighted by Gasteiger charge is -2.26. The van der Waals surface area contributed by atoms with Crippen molar-refractivity contribution in [3.63, 3.8) is 0 Å². The third-order valence-corrected chi connectivity index (χ3v) is 4.59. The van der Waals surface area contributed by atoms with E-state index in [1.165, 1.54) is 42.5 Å². The van der Waals surface area contributed by atoms with Crippen LogP contribution in [0.15, 0.2) is 11.4 Å². The first kappa shape index (κ1) is 11.2. The predicted octanol–water partition coefficient (Wildman–Crippen LogP) is 4.04. The van der Waals surface area contributed by atoms with E-state index >= 15 is 0 Å². The van der Waals surface area contributed by atoms with Crippen LogP contribution in [0.2, 0.25) is 0 Å². The highest BCUT2D eigenvalue weighted by molar-refractivity contribution is 7.10. The normalized spacial score (nSPS) is 20.4. The fourth-order valence-electron chi connectivity index (χ4n) is 2.53. The molecule has 2 heteroatoms. The van der Waals surface area contributed by atoms with Gasteiger partial charge in [-0.2, -0.15) is 0 Å². The van der Waals surface area contributed by atoms with Crippen LogP contribution in [0.1, 0.15) is 55.5 Å². The van der Waals surface area contributed by atoms with Gasteiger partial charge in [-0.25, -0.2) is 0 Å². The molecule has 0 spiro atoms. The molecular weight excluding hydrogens is 202 g/mol. The molecule has 2 rings (SSSR count). The Morgan fingerprint density at radius 1 is 1.33 bits per heavy atom. The van der Waals surface area contributed by atoms with Crippen molar-refractivity contribution < 1.29 is 0 Å². The lowest BCUT2D eigenvalue weighted by Crippen LogP contribution is -2.33. The van der Waals surface area contributed by atoms with E-state index in [0.29, 0.717) is 6.04 Å². The van der Waals surface area contributed by atoms with Gasteiger partial charge in [0.05, 0.1) is 0 Å². The summed E-state index contributed by atoms with van der Waals surface area (Å²) in [6.07, 6.45) is 7.00. The van der Waals surface area contributed by atoms with Crippen LogP contribution < -0.4 is 5.32 Å². The Morgan fingerprint density at radius 3 is 2.67 bits per heavy atom. The molecule has 1 N–H and O–H groups in total. The maximum atomic E-state index is 3.77. The minimum absolute atomic E-state index is 0.535. The highest BCUT2D eigenvalue weighted by atomic mass is 32.1. The smallest absolute Gasteiger partial charge is 0.0390 e. The summed E-state index contributed by atoms with van der Waals surface area (Å²) in [6.45, 7) is 4.51. The molecule has 1 saturated carbocycles. The Hall–Kier alpha value is -0.340. The van der Waals surface area contributed by atoms with E-state index in [4.69, 9.17) is 0 Å². The van der Waals surface area contributed by atoms with Gasteiger partial charge in [-0.15, -0.1) is 11.3 Å². The molecule has 1 aliphatic carbocycles. The Labute approximate surface area is 96.9 Å². The average molecular weight is 223 g/mol. The van der Waals surface area contributed by atoms with Crippen LogP contribution in [0.25, 0.3) is 0 Å². The molecule has 0 radical (unpaired) electrons. The van der Waals surface area contributed by atoms with Crippen LogP contribution in [0.3, 0.4) is 0 Å². The van der Waals surface area contributed by atoms with Gasteiger partial charge in [0, 0.05) is 17.0 Å². The van der Waals surface area contributed by atoms with E-state index < -0.39 is 0 Å². The number of aryl methyl sites for hydroxylation is 1. The first-order chi connectivity index (χ1) is 7.27. The van der Waals surface area contributed by atoms with Gasteiger partial charge in [-0.1, -0.05) is 19.3 Å². The minimum Gasteiger partial charge on any atom is -0.307 e. The van der Waals surface area contributed by atoms with E-state index in [9.17, 15) is 0 Å². The summed E-state index contributed by atoms with van der Waals surface area (Å²) >= 11 is 1.88. The van der Waals surface area contributed by atoms with Crippen molar-refractivity contribution >= 4 is 11.3 Å². The van der Waals surface area contributed by atoms with E-state index in [-0.39, 0.29) is 0 Å². The first-order valence-electron chi connectivity index (χ1n) is 6.07. The molecule has 1 fully saturated rings. The van der Waals surface area contributed by atoms with Crippen molar-refractivity contribution in [2.24, 2.45) is 0 Å². The second kappa shape index (κ2) is 5.13. The summed E-state index contributed by atoms with van der Waals surface area (Å²) in [4.78, 5) is 1.51. The third kappa shape index (κ3) is 2.82. The fraction of sp³-hybridized carbons (Fsp3) is 0.692. The maximum Gasteiger partial charge on any atom is 0.0390 e. The van der Waals surface area contributed by atoms with Crippen molar-refractivity contribution in [2.45, 2.75) is 58.0 Å². The van der Waals surface area contributed by atoms with Crippen LogP contribution in [0.5, 0.6) is 0 Å². The molecule has 0 unspecified atom stereocenters. The lowest BCUT2D eigenvalue weighted by molar-refractivity contribution is 0.348. The Kier molecular flexibility index (Phi) is 3.81. The Morgan fingerprint density at radius 2 is 2.07 bits per heavy atom. The zero-order valence-electron chi connectivity index (χ0n) is 9.75. The van der Waals surface area contributed by atoms with Crippen molar-refractivity contribution in [1.82, 2.24) is 5.32 Å². The zero-order valence-corrected chi connectivity index (χ0v) is 10.6. The fourth-order valence-corrected chi connectivity index (χ4v) is 3.47. The predicted molar refractivity (Wildman–Crippen MR) is 67.5 cm³/mol. The average Bonchev–Trinajstić information content (AvgIpc) is 2.66. The molecule has 1 heterocycles. The van der Waals surface area contributed by atoms with Crippen LogP contribution in [0, 0.1) is 6.92 Å².